The quantitative estimate of drug-likeness (QED) is 0.0131. The molecule has 5 aromatic heterocycles. The largest absolute Gasteiger partial charge is 1.00 e. The molecule has 29 radical (unpaired) electrons. The third kappa shape index (κ3) is 46.8. The van der Waals surface area contributed by atoms with Gasteiger partial charge in [0.15, 0.2) is 0 Å². The van der Waals surface area contributed by atoms with Crippen LogP contribution in [0.25, 0.3) is 0 Å². The van der Waals surface area contributed by atoms with Crippen LogP contribution >= 0.6 is 91.6 Å². The number of carbonyl (C=O) groups is 3. The van der Waals surface area contributed by atoms with Crippen molar-refractivity contribution in [2.24, 2.45) is 0 Å². The summed E-state index contributed by atoms with van der Waals surface area (Å²) >= 11 is 21.1. The normalized spacial score (nSPS) is 8.76. The van der Waals surface area contributed by atoms with Crippen LogP contribution in [-0.2, 0) is 43.8 Å². The second-order valence-corrected chi connectivity index (χ2v) is 22.1. The first kappa shape index (κ1) is 112. The molecule has 5 rings (SSSR count). The molecule has 0 aromatic carbocycles. The SMILES string of the molecule is C.CCOC(=O)c1cncnc1Cl.CCOC(=O)c1cncnc1SC.CSc1ncncc1C(=O)O.CSc1ncncc1CCl.CSc1ncncc1CO.C[S-].O=S(Cl)Cl.[B].[B]B([B])B([B])B(B([B])[B])B(B(B([B])[B])B([B])[B])B(B([B])[B])B([B])[B].[H-].[Na+].[Na+].[Na+].[OH-]. The summed E-state index contributed by atoms with van der Waals surface area (Å²) in [4.78, 5) is 70.9. The van der Waals surface area contributed by atoms with Crippen molar-refractivity contribution < 1.29 is 134 Å². The molecule has 0 aliphatic heterocycles. The fourth-order valence-corrected chi connectivity index (χ4v) is 9.25. The van der Waals surface area contributed by atoms with Crippen LogP contribution in [0.15, 0.2) is 82.7 Å². The van der Waals surface area contributed by atoms with Gasteiger partial charge in [-0.1, -0.05) is 19.0 Å². The molecule has 0 saturated carbocycles. The topological polar surface area (TPSA) is 286 Å². The summed E-state index contributed by atoms with van der Waals surface area (Å²) < 4.78 is 18.6. The number of aromatic nitrogens is 10. The van der Waals surface area contributed by atoms with Crippen molar-refractivity contribution in [3.8, 4) is 0 Å². The first-order chi connectivity index (χ1) is 40.6. The van der Waals surface area contributed by atoms with Gasteiger partial charge in [0.2, 0.25) is 9.23 Å². The molecule has 92 heavy (non-hydrogen) atoms. The van der Waals surface area contributed by atoms with Crippen LogP contribution in [-0.4, -0.2) is 311 Å². The first-order valence-corrected chi connectivity index (χ1v) is 33.6. The number of aliphatic hydroxyl groups is 1. The molecule has 0 fully saturated rings. The molecular formula is C35H47B25Cl4N10Na3O9S6. The number of rotatable bonds is 21. The number of carbonyl (C=O) groups excluding carboxylic acids is 2. The molecule has 0 saturated heterocycles. The predicted molar refractivity (Wildman–Crippen MR) is 403 cm³/mol. The van der Waals surface area contributed by atoms with Crippen molar-refractivity contribution >= 4 is 311 Å². The van der Waals surface area contributed by atoms with Crippen LogP contribution in [0.2, 0.25) is 5.15 Å². The molecule has 433 valence electrons. The zero-order chi connectivity index (χ0) is 66.6. The minimum absolute atomic E-state index is 0. The van der Waals surface area contributed by atoms with Gasteiger partial charge in [-0.2, -0.15) is 6.26 Å². The van der Waals surface area contributed by atoms with Crippen molar-refractivity contribution in [2.75, 3.05) is 44.5 Å². The minimum Gasteiger partial charge on any atom is -1.00 e. The van der Waals surface area contributed by atoms with E-state index >= 15 is 0 Å². The number of aliphatic hydroxyl groups excluding tert-OH is 1. The van der Waals surface area contributed by atoms with Gasteiger partial charge >= 0.3 is 107 Å². The zero-order valence-corrected chi connectivity index (χ0v) is 65.7. The number of aromatic carboxylic acids is 1. The smallest absolute Gasteiger partial charge is 1.00 e. The van der Waals surface area contributed by atoms with Gasteiger partial charge in [-0.25, -0.2) is 68.4 Å². The zero-order valence-electron chi connectivity index (χ0n) is 52.8. The summed E-state index contributed by atoms with van der Waals surface area (Å²) in [5.74, 6) is -1.37. The van der Waals surface area contributed by atoms with E-state index in [4.69, 9.17) is 148 Å². The van der Waals surface area contributed by atoms with E-state index in [1.54, 1.807) is 50.5 Å². The van der Waals surface area contributed by atoms with Crippen LogP contribution in [0.3, 0.4) is 0 Å². The number of carboxylic acids is 1. The van der Waals surface area contributed by atoms with E-state index in [0.717, 1.165) is 21.2 Å². The van der Waals surface area contributed by atoms with Gasteiger partial charge in [-0.3, -0.25) is 0 Å². The maximum atomic E-state index is 11.3. The molecule has 0 bridgehead atoms. The van der Waals surface area contributed by atoms with Crippen LogP contribution in [0.1, 0.15) is 64.9 Å². The van der Waals surface area contributed by atoms with E-state index in [-0.39, 0.29) is 140 Å². The van der Waals surface area contributed by atoms with Crippen LogP contribution in [0.4, 0.5) is 0 Å². The Kier molecular flexibility index (Phi) is 83.0. The van der Waals surface area contributed by atoms with Gasteiger partial charge in [0.05, 0.1) is 25.7 Å². The third-order valence-electron chi connectivity index (χ3n) is 10.3. The monoisotopic (exact) mass is 1430 g/mol. The van der Waals surface area contributed by atoms with Crippen LogP contribution in [0.5, 0.6) is 0 Å². The van der Waals surface area contributed by atoms with Crippen molar-refractivity contribution in [1.29, 1.82) is 0 Å². The Hall–Kier alpha value is 1.41. The Morgan fingerprint density at radius 1 is 0.543 bits per heavy atom. The molecular weight excluding hydrogens is 1380 g/mol. The maximum absolute atomic E-state index is 11.3. The third-order valence-corrected chi connectivity index (χ3v) is 13.8. The number of esters is 2. The Morgan fingerprint density at radius 3 is 1.11 bits per heavy atom. The molecule has 57 heteroatoms. The number of nitrogens with zero attached hydrogens (tertiary/aromatic N) is 10. The summed E-state index contributed by atoms with van der Waals surface area (Å²) in [6.07, 6.45) is 14.0. The molecule has 0 unspecified atom stereocenters. The van der Waals surface area contributed by atoms with E-state index in [2.05, 4.69) is 83.8 Å². The number of alkyl halides is 1. The maximum Gasteiger partial charge on any atom is 1.00 e. The van der Waals surface area contributed by atoms with Crippen molar-refractivity contribution in [3.63, 3.8) is 0 Å². The van der Waals surface area contributed by atoms with Gasteiger partial charge in [0.25, 0.3) is 0 Å². The Morgan fingerprint density at radius 2 is 0.837 bits per heavy atom. The number of hydrogen-bond acceptors (Lipinski definition) is 23. The fraction of sp³-hybridized carbons (Fsp3) is 0.343. The summed E-state index contributed by atoms with van der Waals surface area (Å²) in [6, 6.07) is 0. The number of hydrogen-bond donors (Lipinski definition) is 2. The van der Waals surface area contributed by atoms with Crippen molar-refractivity contribution in [1.82, 2.24) is 49.8 Å². The average Bonchev–Trinajstić information content (AvgIpc) is 0.817. The molecule has 19 nitrogen and oxygen atoms in total. The predicted octanol–water partition coefficient (Wildman–Crippen LogP) is -10.5. The molecule has 0 amide bonds. The van der Waals surface area contributed by atoms with Crippen molar-refractivity contribution in [2.45, 2.75) is 53.9 Å². The molecule has 5 heterocycles. The number of halogens is 4. The molecule has 5 aromatic rings. The average molecular weight is 1430 g/mol. The number of carboxylic acid groups (broad SMARTS) is 1. The van der Waals surface area contributed by atoms with Gasteiger partial charge in [-0.15, -0.1) is 58.6 Å². The second-order valence-electron chi connectivity index (χ2n) is 15.8. The summed E-state index contributed by atoms with van der Waals surface area (Å²) in [5.41, 5.74) is 2.56. The summed E-state index contributed by atoms with van der Waals surface area (Å²) in [7, 11) is 83.6. The molecule has 0 aliphatic carbocycles. The van der Waals surface area contributed by atoms with Crippen molar-refractivity contribution in [3.05, 3.63) is 95.6 Å². The van der Waals surface area contributed by atoms with E-state index < -0.39 is 91.4 Å². The summed E-state index contributed by atoms with van der Waals surface area (Å²) in [6.45, 7) is 4.17. The Balaban J connectivity index is -0.000000110. The standard InChI is InChI=1S/C8H10N2O2S.C7H7ClN2O2.C6H7ClN2S.C6H6N2O2S.C6H8N2OS.CH4S.CH4.B24.B.Cl2OS.3Na.H2O.H/c1-3-12-8(11)6-4-9-5-10-7(6)13-2;1-2-12-7(11)5-3-9-4-10-6(5)8;1-10-6-5(2-7)3-8-4-9-6;1-11-5-4(6(9)10)2-7-3-8-5;1-10-6-5(3-9)2-7-4-8-6;1-2;;1-14(2)20(13)23(19(11)12)24(21(15(3)4)16(5)6)22(17(7)8)18(9)10;;1-4(2)3;;;;;/h4-5H,3H2,1-2H3;3-4H,2H2,1H3;3-4H,2H2,1H3;2-3H,1H3,(H,9,10);2,4,9H,3H2,1H3;2H,1H3;1H4;;;;;;;1H2;/q;;;;;;;;;;3*+1;;-1/p-2. The minimum atomic E-state index is -1.67. The Labute approximate surface area is 679 Å². The van der Waals surface area contributed by atoms with Gasteiger partial charge in [0, 0.05) is 243 Å². The van der Waals surface area contributed by atoms with Crippen LogP contribution < -0.4 is 88.7 Å². The second kappa shape index (κ2) is 68.2. The van der Waals surface area contributed by atoms with E-state index in [1.807, 2.05) is 18.8 Å². The molecule has 0 atom stereocenters. The van der Waals surface area contributed by atoms with Gasteiger partial charge in [-0.05, 0) is 38.9 Å². The van der Waals surface area contributed by atoms with E-state index in [1.165, 1.54) is 85.5 Å². The summed E-state index contributed by atoms with van der Waals surface area (Å²) in [5, 5.41) is 20.4. The van der Waals surface area contributed by atoms with Crippen LogP contribution in [0, 0.1) is 0 Å². The number of thioether (sulfide) groups is 4. The Bertz CT molecular complexity index is 2600. The van der Waals surface area contributed by atoms with E-state index in [0.29, 0.717) is 34.7 Å². The fourth-order valence-electron chi connectivity index (χ4n) is 6.72. The molecule has 0 aliphatic rings. The molecule has 3 N–H and O–H groups in total. The molecule has 0 spiro atoms. The van der Waals surface area contributed by atoms with Gasteiger partial charge < -0.3 is 39.2 Å². The van der Waals surface area contributed by atoms with E-state index in [9.17, 15) is 14.4 Å². The first-order valence-electron chi connectivity index (χ1n) is 24.1. The van der Waals surface area contributed by atoms with Gasteiger partial charge in [0.1, 0.15) is 73.6 Å². The number of ether oxygens (including phenoxy) is 2.